The van der Waals surface area contributed by atoms with Gasteiger partial charge in [0.15, 0.2) is 0 Å². The van der Waals surface area contributed by atoms with E-state index in [0.29, 0.717) is 10.8 Å². The molecule has 1 amide bonds. The van der Waals surface area contributed by atoms with Crippen molar-refractivity contribution in [2.24, 2.45) is 5.73 Å². The van der Waals surface area contributed by atoms with Gasteiger partial charge in [0.2, 0.25) is 5.91 Å². The maximum Gasteiger partial charge on any atom is 0.247 e. The summed E-state index contributed by atoms with van der Waals surface area (Å²) in [6.07, 6.45) is 1.52. The first-order chi connectivity index (χ1) is 8.16. The van der Waals surface area contributed by atoms with Crippen LogP contribution in [0.4, 0.5) is 5.82 Å². The number of carbonyl (C=O) groups excluding carboxylic acids is 1. The standard InChI is InChI=1S/C11H10ClN3OS/c12-7-3-4-14-9(6-7)15-11(16)10(13)8-2-1-5-17-8/h1-6,10H,13H2,(H,14,15,16). The highest BCUT2D eigenvalue weighted by Gasteiger charge is 2.17. The third kappa shape index (κ3) is 3.03. The molecule has 2 heterocycles. The average Bonchev–Trinajstić information content (AvgIpc) is 2.81. The van der Waals surface area contributed by atoms with E-state index in [9.17, 15) is 4.79 Å². The number of rotatable bonds is 3. The van der Waals surface area contributed by atoms with Crippen molar-refractivity contribution < 1.29 is 4.79 Å². The van der Waals surface area contributed by atoms with Crippen LogP contribution in [0.2, 0.25) is 5.02 Å². The Kier molecular flexibility index (Phi) is 3.73. The van der Waals surface area contributed by atoms with Crippen LogP contribution in [0.5, 0.6) is 0 Å². The van der Waals surface area contributed by atoms with Gasteiger partial charge in [-0.05, 0) is 23.6 Å². The van der Waals surface area contributed by atoms with E-state index in [1.165, 1.54) is 17.5 Å². The molecular formula is C11H10ClN3OS. The number of amides is 1. The van der Waals surface area contributed by atoms with E-state index in [-0.39, 0.29) is 5.91 Å². The van der Waals surface area contributed by atoms with Gasteiger partial charge in [-0.3, -0.25) is 4.79 Å². The molecule has 0 fully saturated rings. The zero-order valence-corrected chi connectivity index (χ0v) is 10.3. The van der Waals surface area contributed by atoms with E-state index in [1.807, 2.05) is 17.5 Å². The topological polar surface area (TPSA) is 68.0 Å². The minimum absolute atomic E-state index is 0.304. The highest BCUT2D eigenvalue weighted by molar-refractivity contribution is 7.10. The molecule has 4 nitrogen and oxygen atoms in total. The molecule has 2 aromatic heterocycles. The van der Waals surface area contributed by atoms with Crippen LogP contribution in [0.15, 0.2) is 35.8 Å². The van der Waals surface area contributed by atoms with Crippen LogP contribution in [0, 0.1) is 0 Å². The third-order valence-corrected chi connectivity index (χ3v) is 3.30. The van der Waals surface area contributed by atoms with Gasteiger partial charge in [-0.1, -0.05) is 17.7 Å². The lowest BCUT2D eigenvalue weighted by molar-refractivity contribution is -0.117. The second kappa shape index (κ2) is 5.27. The van der Waals surface area contributed by atoms with Gasteiger partial charge in [-0.2, -0.15) is 0 Å². The molecule has 1 unspecified atom stereocenters. The SMILES string of the molecule is NC(C(=O)Nc1cc(Cl)ccn1)c1cccs1. The van der Waals surface area contributed by atoms with E-state index in [2.05, 4.69) is 10.3 Å². The Hall–Kier alpha value is -1.43. The minimum atomic E-state index is -0.684. The normalized spacial score (nSPS) is 12.1. The second-order valence-corrected chi connectivity index (χ2v) is 4.76. The number of pyridine rings is 1. The van der Waals surface area contributed by atoms with E-state index in [4.69, 9.17) is 17.3 Å². The Balaban J connectivity index is 2.07. The smallest absolute Gasteiger partial charge is 0.247 e. The molecule has 3 N–H and O–H groups in total. The second-order valence-electron chi connectivity index (χ2n) is 3.34. The van der Waals surface area contributed by atoms with Crippen molar-refractivity contribution >= 4 is 34.7 Å². The van der Waals surface area contributed by atoms with E-state index >= 15 is 0 Å². The van der Waals surface area contributed by atoms with Gasteiger partial charge in [0, 0.05) is 16.1 Å². The Morgan fingerprint density at radius 2 is 2.35 bits per heavy atom. The molecule has 0 aliphatic rings. The summed E-state index contributed by atoms with van der Waals surface area (Å²) < 4.78 is 0. The molecule has 0 aromatic carbocycles. The van der Waals surface area contributed by atoms with Crippen molar-refractivity contribution in [3.63, 3.8) is 0 Å². The molecule has 0 aliphatic heterocycles. The fourth-order valence-corrected chi connectivity index (χ4v) is 2.16. The monoisotopic (exact) mass is 267 g/mol. The summed E-state index contributed by atoms with van der Waals surface area (Å²) in [4.78, 5) is 16.6. The van der Waals surface area contributed by atoms with E-state index in [0.717, 1.165) is 4.88 Å². The Morgan fingerprint density at radius 3 is 3.00 bits per heavy atom. The number of hydrogen-bond donors (Lipinski definition) is 2. The number of thiophene rings is 1. The fourth-order valence-electron chi connectivity index (χ4n) is 1.27. The van der Waals surface area contributed by atoms with Gasteiger partial charge < -0.3 is 11.1 Å². The first-order valence-corrected chi connectivity index (χ1v) is 6.14. The molecule has 17 heavy (non-hydrogen) atoms. The summed E-state index contributed by atoms with van der Waals surface area (Å²) in [5.74, 6) is 0.0942. The molecule has 6 heteroatoms. The van der Waals surface area contributed by atoms with Crippen molar-refractivity contribution in [2.45, 2.75) is 6.04 Å². The molecule has 2 rings (SSSR count). The van der Waals surface area contributed by atoms with Crippen LogP contribution < -0.4 is 11.1 Å². The van der Waals surface area contributed by atoms with Crippen LogP contribution in [0.1, 0.15) is 10.9 Å². The van der Waals surface area contributed by atoms with Crippen molar-refractivity contribution in [1.82, 2.24) is 4.98 Å². The lowest BCUT2D eigenvalue weighted by Gasteiger charge is -2.09. The first kappa shape index (κ1) is 12.0. The van der Waals surface area contributed by atoms with Gasteiger partial charge >= 0.3 is 0 Å². The third-order valence-electron chi connectivity index (χ3n) is 2.11. The number of nitrogens with two attached hydrogens (primary N) is 1. The molecule has 0 aliphatic carbocycles. The number of anilines is 1. The van der Waals surface area contributed by atoms with Crippen LogP contribution >= 0.6 is 22.9 Å². The highest BCUT2D eigenvalue weighted by Crippen LogP contribution is 2.19. The minimum Gasteiger partial charge on any atom is -0.316 e. The number of nitrogens with zero attached hydrogens (tertiary/aromatic N) is 1. The predicted octanol–water partition coefficient (Wildman–Crippen LogP) is 2.44. The number of hydrogen-bond acceptors (Lipinski definition) is 4. The van der Waals surface area contributed by atoms with Crippen LogP contribution in [-0.4, -0.2) is 10.9 Å². The first-order valence-electron chi connectivity index (χ1n) is 4.88. The molecule has 0 spiro atoms. The fraction of sp³-hybridized carbons (Fsp3) is 0.0909. The predicted molar refractivity (Wildman–Crippen MR) is 69.1 cm³/mol. The molecule has 2 aromatic rings. The molecule has 0 saturated carbocycles. The number of aromatic nitrogens is 1. The zero-order chi connectivity index (χ0) is 12.3. The van der Waals surface area contributed by atoms with Gasteiger partial charge in [-0.15, -0.1) is 11.3 Å². The highest BCUT2D eigenvalue weighted by atomic mass is 35.5. The van der Waals surface area contributed by atoms with E-state index in [1.54, 1.807) is 12.1 Å². The largest absolute Gasteiger partial charge is 0.316 e. The van der Waals surface area contributed by atoms with Crippen LogP contribution in [0.3, 0.4) is 0 Å². The molecule has 0 bridgehead atoms. The summed E-state index contributed by atoms with van der Waals surface area (Å²) in [6, 6.07) is 6.19. The quantitative estimate of drug-likeness (QED) is 0.897. The number of halogens is 1. The van der Waals surface area contributed by atoms with Gasteiger partial charge in [0.1, 0.15) is 11.9 Å². The molecule has 0 saturated heterocycles. The molecule has 88 valence electrons. The van der Waals surface area contributed by atoms with Crippen molar-refractivity contribution in [3.05, 3.63) is 45.7 Å². The average molecular weight is 268 g/mol. The molecule has 1 atom stereocenters. The lowest BCUT2D eigenvalue weighted by atomic mass is 10.2. The maximum atomic E-state index is 11.8. The van der Waals surface area contributed by atoms with Crippen molar-refractivity contribution in [1.29, 1.82) is 0 Å². The summed E-state index contributed by atoms with van der Waals surface area (Å²) >= 11 is 7.23. The van der Waals surface area contributed by atoms with Crippen molar-refractivity contribution in [2.75, 3.05) is 5.32 Å². The van der Waals surface area contributed by atoms with E-state index < -0.39 is 6.04 Å². The van der Waals surface area contributed by atoms with Crippen LogP contribution in [0.25, 0.3) is 0 Å². The van der Waals surface area contributed by atoms with Gasteiger partial charge in [0.05, 0.1) is 0 Å². The van der Waals surface area contributed by atoms with Crippen LogP contribution in [-0.2, 0) is 4.79 Å². The number of carbonyl (C=O) groups is 1. The Labute approximate surface area is 107 Å². The number of nitrogens with one attached hydrogen (secondary N) is 1. The summed E-state index contributed by atoms with van der Waals surface area (Å²) in [7, 11) is 0. The Morgan fingerprint density at radius 1 is 1.53 bits per heavy atom. The molecular weight excluding hydrogens is 258 g/mol. The van der Waals surface area contributed by atoms with Crippen molar-refractivity contribution in [3.8, 4) is 0 Å². The summed E-state index contributed by atoms with van der Waals surface area (Å²) in [6.45, 7) is 0. The maximum absolute atomic E-state index is 11.8. The van der Waals surface area contributed by atoms with Gasteiger partial charge in [-0.25, -0.2) is 4.98 Å². The Bertz CT molecular complexity index is 515. The van der Waals surface area contributed by atoms with Gasteiger partial charge in [0.25, 0.3) is 0 Å². The summed E-state index contributed by atoms with van der Waals surface area (Å²) in [5.41, 5.74) is 5.81. The lowest BCUT2D eigenvalue weighted by Crippen LogP contribution is -2.27. The summed E-state index contributed by atoms with van der Waals surface area (Å²) in [5, 5.41) is 5.01. The molecule has 0 radical (unpaired) electrons. The zero-order valence-electron chi connectivity index (χ0n) is 8.76.